The van der Waals surface area contributed by atoms with Gasteiger partial charge in [0.1, 0.15) is 0 Å². The van der Waals surface area contributed by atoms with Gasteiger partial charge in [-0.05, 0) is 57.2 Å². The van der Waals surface area contributed by atoms with Gasteiger partial charge in [-0.3, -0.25) is 0 Å². The Morgan fingerprint density at radius 1 is 0.952 bits per heavy atom. The minimum absolute atomic E-state index is 0.402. The Morgan fingerprint density at radius 3 is 2.43 bits per heavy atom. The fraction of sp³-hybridized carbons (Fsp3) is 0.400. The van der Waals surface area contributed by atoms with E-state index in [1.807, 2.05) is 0 Å². The van der Waals surface area contributed by atoms with Crippen molar-refractivity contribution in [2.24, 2.45) is 0 Å². The van der Waals surface area contributed by atoms with Gasteiger partial charge in [-0.1, -0.05) is 54.1 Å². The molecule has 0 radical (unpaired) electrons. The lowest BCUT2D eigenvalue weighted by Gasteiger charge is -2.22. The van der Waals surface area contributed by atoms with E-state index in [1.54, 1.807) is 0 Å². The summed E-state index contributed by atoms with van der Waals surface area (Å²) < 4.78 is 0. The van der Waals surface area contributed by atoms with Gasteiger partial charge in [0.05, 0.1) is 0 Å². The van der Waals surface area contributed by atoms with Crippen molar-refractivity contribution in [3.05, 3.63) is 70.8 Å². The molecule has 1 heteroatoms. The van der Waals surface area contributed by atoms with Crippen LogP contribution < -0.4 is 5.32 Å². The summed E-state index contributed by atoms with van der Waals surface area (Å²) in [5.41, 5.74) is 5.55. The van der Waals surface area contributed by atoms with Crippen LogP contribution in [0.3, 0.4) is 0 Å². The number of benzene rings is 2. The Morgan fingerprint density at radius 2 is 1.71 bits per heavy atom. The molecule has 0 bridgehead atoms. The third-order valence-electron chi connectivity index (χ3n) is 4.14. The van der Waals surface area contributed by atoms with Crippen LogP contribution in [0.25, 0.3) is 0 Å². The normalized spacial score (nSPS) is 13.9. The molecule has 2 aromatic rings. The predicted octanol–water partition coefficient (Wildman–Crippen LogP) is 4.98. The molecule has 2 aromatic carbocycles. The van der Waals surface area contributed by atoms with Crippen LogP contribution >= 0.6 is 0 Å². The van der Waals surface area contributed by atoms with E-state index < -0.39 is 0 Å². The van der Waals surface area contributed by atoms with Crippen LogP contribution in [0, 0.1) is 13.8 Å². The van der Waals surface area contributed by atoms with Crippen molar-refractivity contribution >= 4 is 0 Å². The molecule has 0 aliphatic carbocycles. The predicted molar refractivity (Wildman–Crippen MR) is 91.7 cm³/mol. The molecule has 1 unspecified atom stereocenters. The minimum Gasteiger partial charge on any atom is -0.308 e. The summed E-state index contributed by atoms with van der Waals surface area (Å²) >= 11 is 0. The zero-order valence-electron chi connectivity index (χ0n) is 13.7. The average molecular weight is 281 g/mol. The maximum Gasteiger partial charge on any atom is 0.0296 e. The van der Waals surface area contributed by atoms with Gasteiger partial charge in [0.2, 0.25) is 0 Å². The highest BCUT2D eigenvalue weighted by Crippen LogP contribution is 2.18. The number of hydrogen-bond acceptors (Lipinski definition) is 1. The van der Waals surface area contributed by atoms with E-state index in [0.29, 0.717) is 12.1 Å². The third kappa shape index (κ3) is 4.71. The van der Waals surface area contributed by atoms with E-state index in [9.17, 15) is 0 Å². The third-order valence-corrected chi connectivity index (χ3v) is 4.14. The SMILES string of the molecule is Cc1cccc(CCC(C)N[C@@H](C)c2ccccc2C)c1. The summed E-state index contributed by atoms with van der Waals surface area (Å²) in [5, 5.41) is 3.72. The van der Waals surface area contributed by atoms with E-state index in [-0.39, 0.29) is 0 Å². The van der Waals surface area contributed by atoms with Gasteiger partial charge < -0.3 is 5.32 Å². The quantitative estimate of drug-likeness (QED) is 0.787. The Hall–Kier alpha value is -1.60. The van der Waals surface area contributed by atoms with Gasteiger partial charge >= 0.3 is 0 Å². The molecule has 1 N–H and O–H groups in total. The molecular weight excluding hydrogens is 254 g/mol. The summed E-state index contributed by atoms with van der Waals surface area (Å²) in [5.74, 6) is 0. The lowest BCUT2D eigenvalue weighted by atomic mass is 10.00. The van der Waals surface area contributed by atoms with Crippen molar-refractivity contribution in [2.45, 2.75) is 52.6 Å². The summed E-state index contributed by atoms with van der Waals surface area (Å²) in [4.78, 5) is 0. The van der Waals surface area contributed by atoms with E-state index in [0.717, 1.165) is 6.42 Å². The highest BCUT2D eigenvalue weighted by Gasteiger charge is 2.11. The second kappa shape index (κ2) is 7.42. The highest BCUT2D eigenvalue weighted by molar-refractivity contribution is 5.28. The Labute approximate surface area is 129 Å². The molecule has 0 heterocycles. The number of hydrogen-bond donors (Lipinski definition) is 1. The molecule has 112 valence electrons. The van der Waals surface area contributed by atoms with Crippen molar-refractivity contribution in [3.63, 3.8) is 0 Å². The van der Waals surface area contributed by atoms with Crippen molar-refractivity contribution in [3.8, 4) is 0 Å². The molecule has 0 aliphatic heterocycles. The Bertz CT molecular complexity index is 574. The standard InChI is InChI=1S/C20H27N/c1-15-8-7-10-19(14-15)13-12-17(3)21-18(4)20-11-6-5-9-16(20)2/h5-11,14,17-18,21H,12-13H2,1-4H3/t17?,18-/m0/s1. The first-order valence-corrected chi connectivity index (χ1v) is 7.93. The number of nitrogens with one attached hydrogen (secondary N) is 1. The summed E-state index contributed by atoms with van der Waals surface area (Å²) in [6.07, 6.45) is 2.30. The first kappa shape index (κ1) is 15.8. The average Bonchev–Trinajstić information content (AvgIpc) is 2.45. The van der Waals surface area contributed by atoms with E-state index in [1.165, 1.54) is 28.7 Å². The lowest BCUT2D eigenvalue weighted by molar-refractivity contribution is 0.455. The smallest absolute Gasteiger partial charge is 0.0296 e. The molecule has 0 spiro atoms. The number of aryl methyl sites for hydroxylation is 3. The molecule has 0 amide bonds. The van der Waals surface area contributed by atoms with Crippen LogP contribution in [0.1, 0.15) is 48.6 Å². The second-order valence-electron chi connectivity index (χ2n) is 6.17. The van der Waals surface area contributed by atoms with E-state index in [4.69, 9.17) is 0 Å². The van der Waals surface area contributed by atoms with E-state index in [2.05, 4.69) is 81.5 Å². The van der Waals surface area contributed by atoms with Crippen molar-refractivity contribution in [1.82, 2.24) is 5.32 Å². The fourth-order valence-electron chi connectivity index (χ4n) is 2.92. The first-order chi connectivity index (χ1) is 10.1. The maximum atomic E-state index is 3.72. The fourth-order valence-corrected chi connectivity index (χ4v) is 2.92. The molecule has 1 nitrogen and oxygen atoms in total. The Kier molecular flexibility index (Phi) is 5.58. The second-order valence-corrected chi connectivity index (χ2v) is 6.17. The van der Waals surface area contributed by atoms with Crippen LogP contribution in [0.5, 0.6) is 0 Å². The molecule has 0 saturated carbocycles. The molecule has 2 atom stereocenters. The molecule has 2 rings (SSSR count). The van der Waals surface area contributed by atoms with Gasteiger partial charge in [0.25, 0.3) is 0 Å². The van der Waals surface area contributed by atoms with Crippen LogP contribution in [-0.2, 0) is 6.42 Å². The van der Waals surface area contributed by atoms with E-state index >= 15 is 0 Å². The molecule has 0 fully saturated rings. The lowest BCUT2D eigenvalue weighted by Crippen LogP contribution is -2.29. The summed E-state index contributed by atoms with van der Waals surface area (Å²) in [7, 11) is 0. The molecular formula is C20H27N. The largest absolute Gasteiger partial charge is 0.308 e. The maximum absolute atomic E-state index is 3.72. The summed E-state index contributed by atoms with van der Waals surface area (Å²) in [6, 6.07) is 18.4. The van der Waals surface area contributed by atoms with Crippen molar-refractivity contribution in [2.75, 3.05) is 0 Å². The van der Waals surface area contributed by atoms with Crippen LogP contribution in [0.2, 0.25) is 0 Å². The first-order valence-electron chi connectivity index (χ1n) is 7.93. The Balaban J connectivity index is 1.87. The molecule has 0 aromatic heterocycles. The van der Waals surface area contributed by atoms with Gasteiger partial charge in [0, 0.05) is 12.1 Å². The highest BCUT2D eigenvalue weighted by atomic mass is 14.9. The zero-order valence-corrected chi connectivity index (χ0v) is 13.7. The topological polar surface area (TPSA) is 12.0 Å². The zero-order chi connectivity index (χ0) is 15.2. The van der Waals surface area contributed by atoms with Crippen LogP contribution in [0.15, 0.2) is 48.5 Å². The van der Waals surface area contributed by atoms with Gasteiger partial charge in [0.15, 0.2) is 0 Å². The minimum atomic E-state index is 0.402. The molecule has 21 heavy (non-hydrogen) atoms. The van der Waals surface area contributed by atoms with Crippen LogP contribution in [0.4, 0.5) is 0 Å². The van der Waals surface area contributed by atoms with Crippen LogP contribution in [-0.4, -0.2) is 6.04 Å². The molecule has 0 saturated heterocycles. The summed E-state index contributed by atoms with van der Waals surface area (Å²) in [6.45, 7) is 8.88. The van der Waals surface area contributed by atoms with Gasteiger partial charge in [-0.25, -0.2) is 0 Å². The van der Waals surface area contributed by atoms with Crippen molar-refractivity contribution < 1.29 is 0 Å². The molecule has 0 aliphatic rings. The van der Waals surface area contributed by atoms with Gasteiger partial charge in [-0.2, -0.15) is 0 Å². The monoisotopic (exact) mass is 281 g/mol. The number of rotatable bonds is 6. The van der Waals surface area contributed by atoms with Crippen molar-refractivity contribution in [1.29, 1.82) is 0 Å². The van der Waals surface area contributed by atoms with Gasteiger partial charge in [-0.15, -0.1) is 0 Å².